The Labute approximate surface area is 115 Å². The maximum atomic E-state index is 11.9. The minimum atomic E-state index is -0.299. The Balaban J connectivity index is 2.17. The van der Waals surface area contributed by atoms with Crippen molar-refractivity contribution in [3.05, 3.63) is 51.3 Å². The van der Waals surface area contributed by atoms with Crippen molar-refractivity contribution >= 4 is 43.6 Å². The standard InChI is InChI=1S/C11H7Br2N3O/c12-7-3-4-9(15-6-7)16-11(17)10-8(13)2-1-5-14-10/h1-6H,(H,15,16,17). The maximum Gasteiger partial charge on any atom is 0.276 e. The molecule has 17 heavy (non-hydrogen) atoms. The fraction of sp³-hybridized carbons (Fsp3) is 0. The van der Waals surface area contributed by atoms with Gasteiger partial charge in [-0.2, -0.15) is 0 Å². The first-order valence-electron chi connectivity index (χ1n) is 4.70. The van der Waals surface area contributed by atoms with E-state index in [-0.39, 0.29) is 5.91 Å². The van der Waals surface area contributed by atoms with Crippen LogP contribution < -0.4 is 5.32 Å². The molecule has 0 fully saturated rings. The lowest BCUT2D eigenvalue weighted by Crippen LogP contribution is -2.15. The SMILES string of the molecule is O=C(Nc1ccc(Br)cn1)c1ncccc1Br. The summed E-state index contributed by atoms with van der Waals surface area (Å²) in [6, 6.07) is 7.02. The quantitative estimate of drug-likeness (QED) is 0.898. The van der Waals surface area contributed by atoms with E-state index >= 15 is 0 Å². The Morgan fingerprint density at radius 1 is 1.18 bits per heavy atom. The van der Waals surface area contributed by atoms with Crippen LogP contribution in [0.15, 0.2) is 45.6 Å². The minimum absolute atomic E-state index is 0.299. The molecule has 0 unspecified atom stereocenters. The molecular weight excluding hydrogens is 350 g/mol. The number of nitrogens with one attached hydrogen (secondary N) is 1. The molecule has 0 atom stereocenters. The summed E-state index contributed by atoms with van der Waals surface area (Å²) in [4.78, 5) is 19.9. The van der Waals surface area contributed by atoms with Crippen molar-refractivity contribution in [2.24, 2.45) is 0 Å². The summed E-state index contributed by atoms with van der Waals surface area (Å²) in [7, 11) is 0. The fourth-order valence-electron chi connectivity index (χ4n) is 1.18. The number of carbonyl (C=O) groups excluding carboxylic acids is 1. The molecule has 0 spiro atoms. The maximum absolute atomic E-state index is 11.9. The molecule has 0 aliphatic rings. The van der Waals surface area contributed by atoms with Crippen LogP contribution in [-0.2, 0) is 0 Å². The molecule has 4 nitrogen and oxygen atoms in total. The Morgan fingerprint density at radius 3 is 2.65 bits per heavy atom. The number of aromatic nitrogens is 2. The predicted octanol–water partition coefficient (Wildman–Crippen LogP) is 3.25. The van der Waals surface area contributed by atoms with Crippen LogP contribution in [0.2, 0.25) is 0 Å². The second-order valence-corrected chi connectivity index (χ2v) is 4.92. The zero-order chi connectivity index (χ0) is 12.3. The molecule has 0 saturated heterocycles. The van der Waals surface area contributed by atoms with Gasteiger partial charge in [0.05, 0.1) is 0 Å². The molecule has 2 heterocycles. The average molecular weight is 357 g/mol. The van der Waals surface area contributed by atoms with Crippen molar-refractivity contribution < 1.29 is 4.79 Å². The van der Waals surface area contributed by atoms with Crippen LogP contribution in [0.25, 0.3) is 0 Å². The van der Waals surface area contributed by atoms with Gasteiger partial charge in [0.25, 0.3) is 5.91 Å². The smallest absolute Gasteiger partial charge is 0.276 e. The van der Waals surface area contributed by atoms with Gasteiger partial charge in [-0.25, -0.2) is 9.97 Å². The third-order valence-corrected chi connectivity index (χ3v) is 3.05. The van der Waals surface area contributed by atoms with E-state index in [9.17, 15) is 4.79 Å². The number of carbonyl (C=O) groups is 1. The van der Waals surface area contributed by atoms with E-state index in [0.717, 1.165) is 4.47 Å². The molecule has 0 aliphatic heterocycles. The topological polar surface area (TPSA) is 54.9 Å². The highest BCUT2D eigenvalue weighted by molar-refractivity contribution is 9.10. The number of pyridine rings is 2. The Morgan fingerprint density at radius 2 is 2.00 bits per heavy atom. The molecule has 0 aliphatic carbocycles. The largest absolute Gasteiger partial charge is 0.305 e. The van der Waals surface area contributed by atoms with Crippen molar-refractivity contribution in [1.29, 1.82) is 0 Å². The number of anilines is 1. The van der Waals surface area contributed by atoms with Gasteiger partial charge in [0.1, 0.15) is 11.5 Å². The lowest BCUT2D eigenvalue weighted by molar-refractivity contribution is 0.102. The predicted molar refractivity (Wildman–Crippen MR) is 71.8 cm³/mol. The highest BCUT2D eigenvalue weighted by atomic mass is 79.9. The molecule has 6 heteroatoms. The highest BCUT2D eigenvalue weighted by Gasteiger charge is 2.11. The number of nitrogens with zero attached hydrogens (tertiary/aromatic N) is 2. The van der Waals surface area contributed by atoms with Crippen LogP contribution in [0.4, 0.5) is 5.82 Å². The monoisotopic (exact) mass is 355 g/mol. The van der Waals surface area contributed by atoms with Gasteiger partial charge in [0, 0.05) is 21.3 Å². The first kappa shape index (κ1) is 12.2. The zero-order valence-corrected chi connectivity index (χ0v) is 11.7. The van der Waals surface area contributed by atoms with Crippen LogP contribution in [0, 0.1) is 0 Å². The van der Waals surface area contributed by atoms with Crippen molar-refractivity contribution in [1.82, 2.24) is 9.97 Å². The Bertz CT molecular complexity index is 543. The normalized spacial score (nSPS) is 10.0. The summed E-state index contributed by atoms with van der Waals surface area (Å²) < 4.78 is 1.50. The second-order valence-electron chi connectivity index (χ2n) is 3.15. The van der Waals surface area contributed by atoms with E-state index in [4.69, 9.17) is 0 Å². The third kappa shape index (κ3) is 3.10. The number of hydrogen-bond acceptors (Lipinski definition) is 3. The number of halogens is 2. The summed E-state index contributed by atoms with van der Waals surface area (Å²) in [5.41, 5.74) is 0.331. The summed E-state index contributed by atoms with van der Waals surface area (Å²) in [6.45, 7) is 0. The van der Waals surface area contributed by atoms with Crippen molar-refractivity contribution in [3.8, 4) is 0 Å². The fourth-order valence-corrected chi connectivity index (χ4v) is 1.85. The summed E-state index contributed by atoms with van der Waals surface area (Å²) >= 11 is 6.54. The lowest BCUT2D eigenvalue weighted by atomic mass is 10.3. The highest BCUT2D eigenvalue weighted by Crippen LogP contribution is 2.15. The molecule has 0 radical (unpaired) electrons. The van der Waals surface area contributed by atoms with E-state index in [1.807, 2.05) is 0 Å². The number of hydrogen-bond donors (Lipinski definition) is 1. The lowest BCUT2D eigenvalue weighted by Gasteiger charge is -2.04. The molecule has 1 amide bonds. The van der Waals surface area contributed by atoms with Crippen LogP contribution in [0.3, 0.4) is 0 Å². The van der Waals surface area contributed by atoms with Gasteiger partial charge >= 0.3 is 0 Å². The average Bonchev–Trinajstić information content (AvgIpc) is 2.32. The second kappa shape index (κ2) is 5.37. The molecule has 0 aromatic carbocycles. The molecule has 0 saturated carbocycles. The van der Waals surface area contributed by atoms with Crippen LogP contribution >= 0.6 is 31.9 Å². The van der Waals surface area contributed by atoms with Crippen LogP contribution in [0.1, 0.15) is 10.5 Å². The van der Waals surface area contributed by atoms with Gasteiger partial charge in [-0.3, -0.25) is 4.79 Å². The van der Waals surface area contributed by atoms with E-state index in [1.54, 1.807) is 36.7 Å². The van der Waals surface area contributed by atoms with Crippen LogP contribution in [-0.4, -0.2) is 15.9 Å². The first-order chi connectivity index (χ1) is 8.16. The van der Waals surface area contributed by atoms with Gasteiger partial charge in [-0.1, -0.05) is 0 Å². The van der Waals surface area contributed by atoms with E-state index < -0.39 is 0 Å². The molecule has 2 aromatic heterocycles. The minimum Gasteiger partial charge on any atom is -0.305 e. The van der Waals surface area contributed by atoms with Gasteiger partial charge in [-0.05, 0) is 56.1 Å². The van der Waals surface area contributed by atoms with E-state index in [2.05, 4.69) is 47.1 Å². The molecule has 2 aromatic rings. The molecule has 86 valence electrons. The Hall–Kier alpha value is -1.27. The molecule has 2 rings (SSSR count). The number of rotatable bonds is 2. The van der Waals surface area contributed by atoms with Crippen molar-refractivity contribution in [2.75, 3.05) is 5.32 Å². The first-order valence-corrected chi connectivity index (χ1v) is 6.29. The van der Waals surface area contributed by atoms with Gasteiger partial charge in [0.15, 0.2) is 0 Å². The Kier molecular flexibility index (Phi) is 3.86. The summed E-state index contributed by atoms with van der Waals surface area (Å²) in [5, 5.41) is 2.66. The van der Waals surface area contributed by atoms with Gasteiger partial charge in [0.2, 0.25) is 0 Å². The van der Waals surface area contributed by atoms with E-state index in [0.29, 0.717) is 16.0 Å². The molecular formula is C11H7Br2N3O. The zero-order valence-electron chi connectivity index (χ0n) is 8.52. The van der Waals surface area contributed by atoms with Crippen molar-refractivity contribution in [2.45, 2.75) is 0 Å². The van der Waals surface area contributed by atoms with Crippen molar-refractivity contribution in [3.63, 3.8) is 0 Å². The molecule has 0 bridgehead atoms. The van der Waals surface area contributed by atoms with E-state index in [1.165, 1.54) is 0 Å². The number of amides is 1. The van der Waals surface area contributed by atoms with Gasteiger partial charge < -0.3 is 5.32 Å². The summed E-state index contributed by atoms with van der Waals surface area (Å²) in [6.07, 6.45) is 3.18. The van der Waals surface area contributed by atoms with Gasteiger partial charge in [-0.15, -0.1) is 0 Å². The summed E-state index contributed by atoms with van der Waals surface area (Å²) in [5.74, 6) is 0.183. The molecule has 1 N–H and O–H groups in total. The van der Waals surface area contributed by atoms with Crippen LogP contribution in [0.5, 0.6) is 0 Å². The third-order valence-electron chi connectivity index (χ3n) is 1.94.